The van der Waals surface area contributed by atoms with Crippen LogP contribution in [-0.2, 0) is 11.8 Å². The molecule has 3 aromatic rings. The maximum absolute atomic E-state index is 12.5. The third-order valence-corrected chi connectivity index (χ3v) is 5.79. The van der Waals surface area contributed by atoms with Gasteiger partial charge in [0.1, 0.15) is 11.3 Å². The van der Waals surface area contributed by atoms with Crippen molar-refractivity contribution < 1.29 is 9.53 Å². The largest absolute Gasteiger partial charge is 0.444 e. The molecule has 3 heterocycles. The molecule has 0 spiro atoms. The van der Waals surface area contributed by atoms with E-state index in [9.17, 15) is 4.79 Å². The Kier molecular flexibility index (Phi) is 6.68. The van der Waals surface area contributed by atoms with Crippen molar-refractivity contribution in [1.82, 2.24) is 19.7 Å². The van der Waals surface area contributed by atoms with Gasteiger partial charge >= 0.3 is 6.09 Å². The lowest BCUT2D eigenvalue weighted by Crippen LogP contribution is -2.44. The Bertz CT molecular complexity index is 1220. The quantitative estimate of drug-likeness (QED) is 0.582. The summed E-state index contributed by atoms with van der Waals surface area (Å²) in [5, 5.41) is 5.75. The Balaban J connectivity index is 1.55. The number of hydrogen-bond donors (Lipinski definition) is 1. The minimum Gasteiger partial charge on any atom is -0.444 e. The molecule has 0 aliphatic carbocycles. The van der Waals surface area contributed by atoms with Crippen LogP contribution in [0, 0.1) is 0 Å². The normalized spacial score (nSPS) is 17.5. The average molecular weight is 461 g/mol. The molecule has 1 saturated heterocycles. The monoisotopic (exact) mass is 460 g/mol. The highest BCUT2D eigenvalue weighted by Crippen LogP contribution is 2.29. The molecule has 0 bridgehead atoms. The summed E-state index contributed by atoms with van der Waals surface area (Å²) in [5.74, 6) is 0. The van der Waals surface area contributed by atoms with E-state index in [0.717, 1.165) is 46.1 Å². The Morgan fingerprint density at radius 3 is 2.71 bits per heavy atom. The van der Waals surface area contributed by atoms with E-state index in [-0.39, 0.29) is 12.1 Å². The highest BCUT2D eigenvalue weighted by atomic mass is 16.6. The number of fused-ring (bicyclic) bond motifs is 1. The summed E-state index contributed by atoms with van der Waals surface area (Å²) >= 11 is 0. The number of aromatic nitrogens is 3. The molecular weight excluding hydrogens is 428 g/mol. The second kappa shape index (κ2) is 9.67. The summed E-state index contributed by atoms with van der Waals surface area (Å²) in [6, 6.07) is 10.1. The van der Waals surface area contributed by atoms with Crippen molar-refractivity contribution in [2.75, 3.05) is 13.1 Å². The minimum absolute atomic E-state index is 0.00530. The zero-order valence-corrected chi connectivity index (χ0v) is 20.2. The van der Waals surface area contributed by atoms with E-state index in [1.807, 2.05) is 63.0 Å². The van der Waals surface area contributed by atoms with E-state index in [1.165, 1.54) is 0 Å². The molecule has 8 heteroatoms. The second-order valence-electron chi connectivity index (χ2n) is 9.56. The van der Waals surface area contributed by atoms with Gasteiger partial charge in [-0.15, -0.1) is 0 Å². The number of nitrogens with zero attached hydrogens (tertiary/aromatic N) is 5. The van der Waals surface area contributed by atoms with Crippen LogP contribution in [0.5, 0.6) is 0 Å². The van der Waals surface area contributed by atoms with Gasteiger partial charge in [0, 0.05) is 61.5 Å². The number of hydrogen-bond acceptors (Lipinski definition) is 6. The predicted molar refractivity (Wildman–Crippen MR) is 135 cm³/mol. The van der Waals surface area contributed by atoms with Gasteiger partial charge in [0.2, 0.25) is 0 Å². The Hall–Kier alpha value is -3.68. The van der Waals surface area contributed by atoms with Gasteiger partial charge in [0.15, 0.2) is 0 Å². The number of pyridine rings is 1. The molecule has 1 unspecified atom stereocenters. The standard InChI is InChI=1S/C26H32N6O2/c1-26(2,3)34-25(33)32-13-5-6-21(17-32)29-16-20(15-27)19-7-8-23-22(14-19)24(30-31(23)4)18-9-11-28-12-10-18/h7-12,14-16,21H,5-6,13,17,27H2,1-4H3. The van der Waals surface area contributed by atoms with E-state index < -0.39 is 5.60 Å². The summed E-state index contributed by atoms with van der Waals surface area (Å²) in [6.45, 7) is 6.86. The molecule has 4 rings (SSSR count). The highest BCUT2D eigenvalue weighted by Gasteiger charge is 2.27. The molecule has 0 saturated carbocycles. The summed E-state index contributed by atoms with van der Waals surface area (Å²) in [4.78, 5) is 23.1. The van der Waals surface area contributed by atoms with Crippen molar-refractivity contribution in [3.8, 4) is 11.3 Å². The van der Waals surface area contributed by atoms with Gasteiger partial charge in [0.05, 0.1) is 11.6 Å². The molecule has 34 heavy (non-hydrogen) atoms. The van der Waals surface area contributed by atoms with Gasteiger partial charge in [-0.25, -0.2) is 4.79 Å². The van der Waals surface area contributed by atoms with Gasteiger partial charge in [-0.05, 0) is 63.4 Å². The van der Waals surface area contributed by atoms with Crippen molar-refractivity contribution in [2.24, 2.45) is 17.8 Å². The SMILES string of the molecule is Cn1nc(-c2ccncc2)c2cc(C(C=NC3CCCN(C(=O)OC(C)(C)C)C3)=CN)ccc21. The molecule has 0 radical (unpaired) electrons. The van der Waals surface area contributed by atoms with Crippen molar-refractivity contribution in [1.29, 1.82) is 0 Å². The van der Waals surface area contributed by atoms with Crippen LogP contribution >= 0.6 is 0 Å². The van der Waals surface area contributed by atoms with E-state index in [2.05, 4.69) is 11.1 Å². The number of nitrogens with two attached hydrogens (primary N) is 1. The first-order chi connectivity index (χ1) is 16.2. The van der Waals surface area contributed by atoms with Gasteiger partial charge in [-0.1, -0.05) is 6.07 Å². The van der Waals surface area contributed by atoms with Crippen LogP contribution in [0.15, 0.2) is 53.9 Å². The number of piperidine rings is 1. The van der Waals surface area contributed by atoms with E-state index in [1.54, 1.807) is 23.5 Å². The zero-order valence-electron chi connectivity index (χ0n) is 20.2. The maximum atomic E-state index is 12.5. The van der Waals surface area contributed by atoms with Crippen LogP contribution in [0.4, 0.5) is 4.79 Å². The first kappa shape index (κ1) is 23.5. The first-order valence-electron chi connectivity index (χ1n) is 11.6. The number of aliphatic imine (C=N–C) groups is 1. The van der Waals surface area contributed by atoms with Crippen molar-refractivity contribution in [2.45, 2.75) is 45.3 Å². The molecule has 1 aliphatic heterocycles. The molecular formula is C26H32N6O2. The number of likely N-dealkylation sites (tertiary alicyclic amines) is 1. The predicted octanol–water partition coefficient (Wildman–Crippen LogP) is 4.41. The van der Waals surface area contributed by atoms with Gasteiger partial charge in [0.25, 0.3) is 0 Å². The molecule has 2 N–H and O–H groups in total. The number of carbonyl (C=O) groups is 1. The van der Waals surface area contributed by atoms with Crippen molar-refractivity contribution in [3.63, 3.8) is 0 Å². The first-order valence-corrected chi connectivity index (χ1v) is 11.6. The van der Waals surface area contributed by atoms with Gasteiger partial charge < -0.3 is 15.4 Å². The van der Waals surface area contributed by atoms with Crippen molar-refractivity contribution >= 4 is 28.8 Å². The number of allylic oxidation sites excluding steroid dienone is 1. The lowest BCUT2D eigenvalue weighted by molar-refractivity contribution is 0.0201. The molecule has 1 aliphatic rings. The summed E-state index contributed by atoms with van der Waals surface area (Å²) in [6.07, 6.45) is 8.44. The van der Waals surface area contributed by atoms with Crippen LogP contribution in [0.2, 0.25) is 0 Å². The fourth-order valence-corrected chi connectivity index (χ4v) is 4.14. The lowest BCUT2D eigenvalue weighted by atomic mass is 10.0. The second-order valence-corrected chi connectivity index (χ2v) is 9.56. The number of carbonyl (C=O) groups excluding carboxylic acids is 1. The fourth-order valence-electron chi connectivity index (χ4n) is 4.14. The van der Waals surface area contributed by atoms with E-state index in [0.29, 0.717) is 13.1 Å². The molecule has 1 fully saturated rings. The number of rotatable bonds is 4. The van der Waals surface area contributed by atoms with Gasteiger partial charge in [-0.2, -0.15) is 5.10 Å². The number of aryl methyl sites for hydroxylation is 1. The Morgan fingerprint density at radius 1 is 1.24 bits per heavy atom. The van der Waals surface area contributed by atoms with Crippen LogP contribution in [0.25, 0.3) is 27.7 Å². The Morgan fingerprint density at radius 2 is 2.00 bits per heavy atom. The third kappa shape index (κ3) is 5.27. The number of ether oxygens (including phenoxy) is 1. The molecule has 1 amide bonds. The summed E-state index contributed by atoms with van der Waals surface area (Å²) in [7, 11) is 1.94. The molecule has 8 nitrogen and oxygen atoms in total. The van der Waals surface area contributed by atoms with E-state index >= 15 is 0 Å². The highest BCUT2D eigenvalue weighted by molar-refractivity contribution is 6.11. The summed E-state index contributed by atoms with van der Waals surface area (Å²) < 4.78 is 7.40. The third-order valence-electron chi connectivity index (χ3n) is 5.79. The molecule has 2 aromatic heterocycles. The molecule has 1 atom stereocenters. The molecule has 1 aromatic carbocycles. The van der Waals surface area contributed by atoms with Crippen LogP contribution in [0.3, 0.4) is 0 Å². The fraction of sp³-hybridized carbons (Fsp3) is 0.385. The van der Waals surface area contributed by atoms with Crippen LogP contribution in [-0.4, -0.2) is 56.7 Å². The van der Waals surface area contributed by atoms with Gasteiger partial charge in [-0.3, -0.25) is 14.7 Å². The minimum atomic E-state index is -0.511. The average Bonchev–Trinajstić information content (AvgIpc) is 3.15. The number of amides is 1. The van der Waals surface area contributed by atoms with Crippen molar-refractivity contribution in [3.05, 3.63) is 54.5 Å². The maximum Gasteiger partial charge on any atom is 0.410 e. The number of benzene rings is 1. The smallest absolute Gasteiger partial charge is 0.410 e. The van der Waals surface area contributed by atoms with Crippen LogP contribution in [0.1, 0.15) is 39.2 Å². The molecule has 178 valence electrons. The zero-order chi connectivity index (χ0) is 24.3. The summed E-state index contributed by atoms with van der Waals surface area (Å²) in [5.41, 5.74) is 10.2. The van der Waals surface area contributed by atoms with Crippen LogP contribution < -0.4 is 5.73 Å². The topological polar surface area (TPSA) is 98.6 Å². The van der Waals surface area contributed by atoms with E-state index in [4.69, 9.17) is 20.6 Å². The Labute approximate surface area is 200 Å². The lowest BCUT2D eigenvalue weighted by Gasteiger charge is -2.32.